The lowest BCUT2D eigenvalue weighted by Crippen LogP contribution is -2.37. The summed E-state index contributed by atoms with van der Waals surface area (Å²) in [5, 5.41) is 5.39. The first-order valence-electron chi connectivity index (χ1n) is 10.8. The molecule has 0 saturated heterocycles. The van der Waals surface area contributed by atoms with Gasteiger partial charge in [0.15, 0.2) is 5.78 Å². The van der Waals surface area contributed by atoms with Gasteiger partial charge in [-0.2, -0.15) is 0 Å². The maximum atomic E-state index is 14.0. The first-order chi connectivity index (χ1) is 16.6. The van der Waals surface area contributed by atoms with E-state index in [0.29, 0.717) is 6.54 Å². The van der Waals surface area contributed by atoms with Crippen molar-refractivity contribution < 1.29 is 26.8 Å². The topological polar surface area (TPSA) is 95.6 Å². The highest BCUT2D eigenvalue weighted by Crippen LogP contribution is 2.35. The first kappa shape index (κ1) is 24.5. The van der Waals surface area contributed by atoms with E-state index in [4.69, 9.17) is 0 Å². The molecule has 182 valence electrons. The van der Waals surface area contributed by atoms with Crippen molar-refractivity contribution in [1.82, 2.24) is 5.32 Å². The van der Waals surface area contributed by atoms with Gasteiger partial charge in [0.25, 0.3) is 15.9 Å². The summed E-state index contributed by atoms with van der Waals surface area (Å²) in [4.78, 5) is 25.1. The highest BCUT2D eigenvalue weighted by atomic mass is 32.2. The number of carbonyl (C=O) groups is 2. The molecule has 1 aliphatic heterocycles. The Kier molecular flexibility index (Phi) is 6.68. The van der Waals surface area contributed by atoms with Gasteiger partial charge >= 0.3 is 0 Å². The van der Waals surface area contributed by atoms with Crippen molar-refractivity contribution in [2.75, 3.05) is 23.2 Å². The number of benzene rings is 3. The van der Waals surface area contributed by atoms with Gasteiger partial charge in [0, 0.05) is 30.8 Å². The van der Waals surface area contributed by atoms with Crippen LogP contribution in [0.4, 0.5) is 20.2 Å². The zero-order valence-electron chi connectivity index (χ0n) is 19.1. The van der Waals surface area contributed by atoms with Gasteiger partial charge in [0.05, 0.1) is 10.6 Å². The average molecular weight is 500 g/mol. The fourth-order valence-electron chi connectivity index (χ4n) is 3.98. The summed E-state index contributed by atoms with van der Waals surface area (Å²) in [5.41, 5.74) is 1.34. The maximum absolute atomic E-state index is 14.0. The molecular weight excluding hydrogens is 476 g/mol. The van der Waals surface area contributed by atoms with Gasteiger partial charge in [0.1, 0.15) is 17.2 Å². The number of Topliss-reactive ketones (excluding diaryl/α,β-unsaturated/α-hetero) is 1. The number of aryl methyl sites for hydroxylation is 1. The maximum Gasteiger partial charge on any atom is 0.264 e. The number of anilines is 2. The molecule has 7 nitrogen and oxygen atoms in total. The van der Waals surface area contributed by atoms with E-state index in [9.17, 15) is 26.8 Å². The summed E-state index contributed by atoms with van der Waals surface area (Å²) in [6.45, 7) is 2.28. The molecule has 4 rings (SSSR count). The van der Waals surface area contributed by atoms with Crippen molar-refractivity contribution in [3.05, 3.63) is 88.5 Å². The number of amides is 1. The second kappa shape index (κ2) is 9.55. The van der Waals surface area contributed by atoms with Crippen molar-refractivity contribution in [1.29, 1.82) is 0 Å². The molecule has 0 fully saturated rings. The number of hydrogen-bond donors (Lipinski definition) is 2. The molecular formula is C25H23F2N3O4S. The Hall–Kier alpha value is -3.63. The predicted octanol–water partition coefficient (Wildman–Crippen LogP) is 4.03. The number of hydrogen-bond acceptors (Lipinski definition) is 5. The van der Waals surface area contributed by atoms with E-state index in [1.54, 1.807) is 19.2 Å². The van der Waals surface area contributed by atoms with Gasteiger partial charge in [-0.25, -0.2) is 17.2 Å². The summed E-state index contributed by atoms with van der Waals surface area (Å²) in [7, 11) is -2.29. The molecule has 0 radical (unpaired) electrons. The van der Waals surface area contributed by atoms with Crippen LogP contribution in [0.2, 0.25) is 0 Å². The van der Waals surface area contributed by atoms with E-state index < -0.39 is 33.1 Å². The average Bonchev–Trinajstić information content (AvgIpc) is 2.80. The van der Waals surface area contributed by atoms with Crippen LogP contribution in [0.25, 0.3) is 0 Å². The quantitative estimate of drug-likeness (QED) is 0.534. The largest absolute Gasteiger partial charge is 0.322 e. The molecule has 1 amide bonds. The number of nitrogens with zero attached hydrogens (tertiary/aromatic N) is 1. The van der Waals surface area contributed by atoms with Gasteiger partial charge < -0.3 is 10.6 Å². The van der Waals surface area contributed by atoms with E-state index in [1.165, 1.54) is 24.3 Å². The third-order valence-corrected chi connectivity index (χ3v) is 7.64. The lowest BCUT2D eigenvalue weighted by Gasteiger charge is -2.30. The molecule has 0 aromatic heterocycles. The Morgan fingerprint density at radius 3 is 2.46 bits per heavy atom. The Morgan fingerprint density at radius 2 is 1.77 bits per heavy atom. The number of sulfonamides is 1. The minimum atomic E-state index is -4.05. The van der Waals surface area contributed by atoms with E-state index in [1.807, 2.05) is 6.92 Å². The van der Waals surface area contributed by atoms with Crippen LogP contribution in [-0.2, 0) is 16.6 Å². The molecule has 0 spiro atoms. The first-order valence-corrected chi connectivity index (χ1v) is 12.3. The van der Waals surface area contributed by atoms with Gasteiger partial charge in [-0.15, -0.1) is 0 Å². The minimum Gasteiger partial charge on any atom is -0.322 e. The van der Waals surface area contributed by atoms with Crippen LogP contribution >= 0.6 is 0 Å². The standard InChI is InChI=1S/C25H23F2N3O4S/c1-15-6-8-18(12-16(15)14-28-2)35(33,34)30-11-10-23(31)19-9-7-17(13-22(19)30)29-25(32)24-20(26)4-3-5-21(24)27/h3-9,12-13,28H,10-11,14H2,1-2H3,(H,29,32). The van der Waals surface area contributed by atoms with Crippen LogP contribution in [0.1, 0.15) is 38.3 Å². The monoisotopic (exact) mass is 499 g/mol. The Morgan fingerprint density at radius 1 is 1.06 bits per heavy atom. The summed E-state index contributed by atoms with van der Waals surface area (Å²) < 4.78 is 56.3. The van der Waals surface area contributed by atoms with Gasteiger partial charge in [0.2, 0.25) is 0 Å². The van der Waals surface area contributed by atoms with Crippen LogP contribution < -0.4 is 14.9 Å². The second-order valence-corrected chi connectivity index (χ2v) is 10.0. The Labute approximate surface area is 201 Å². The fourth-order valence-corrected chi connectivity index (χ4v) is 5.51. The summed E-state index contributed by atoms with van der Waals surface area (Å²) in [5.74, 6) is -3.34. The molecule has 0 unspecified atom stereocenters. The van der Waals surface area contributed by atoms with Gasteiger partial charge in [-0.1, -0.05) is 12.1 Å². The SMILES string of the molecule is CNCc1cc(S(=O)(=O)N2CCC(=O)c3ccc(NC(=O)c4c(F)cccc4F)cc32)ccc1C. The number of halogens is 2. The highest BCUT2D eigenvalue weighted by molar-refractivity contribution is 7.92. The summed E-state index contributed by atoms with van der Waals surface area (Å²) in [6.07, 6.45) is -0.00634. The molecule has 0 atom stereocenters. The van der Waals surface area contributed by atoms with Crippen LogP contribution in [0.15, 0.2) is 59.5 Å². The molecule has 3 aromatic rings. The fraction of sp³-hybridized carbons (Fsp3) is 0.200. The van der Waals surface area contributed by atoms with Gasteiger partial charge in [-0.05, 0) is 67.6 Å². The molecule has 0 aliphatic carbocycles. The lowest BCUT2D eigenvalue weighted by molar-refractivity contribution is 0.0980. The predicted molar refractivity (Wildman–Crippen MR) is 128 cm³/mol. The van der Waals surface area contributed by atoms with Crippen LogP contribution in [0.3, 0.4) is 0 Å². The zero-order valence-corrected chi connectivity index (χ0v) is 19.9. The normalized spacial score (nSPS) is 13.5. The van der Waals surface area contributed by atoms with Crippen LogP contribution in [0.5, 0.6) is 0 Å². The summed E-state index contributed by atoms with van der Waals surface area (Å²) in [6, 6.07) is 12.0. The van der Waals surface area contributed by atoms with E-state index in [-0.39, 0.29) is 40.6 Å². The smallest absolute Gasteiger partial charge is 0.264 e. The zero-order chi connectivity index (χ0) is 25.3. The highest BCUT2D eigenvalue weighted by Gasteiger charge is 2.33. The van der Waals surface area contributed by atoms with Crippen molar-refractivity contribution in [2.24, 2.45) is 0 Å². The molecule has 10 heteroatoms. The van der Waals surface area contributed by atoms with Crippen LogP contribution in [0, 0.1) is 18.6 Å². The molecule has 1 heterocycles. The lowest BCUT2D eigenvalue weighted by atomic mass is 10.0. The number of ketones is 1. The van der Waals surface area contributed by atoms with Gasteiger partial charge in [-0.3, -0.25) is 13.9 Å². The Bertz CT molecular complexity index is 1420. The van der Waals surface area contributed by atoms with E-state index >= 15 is 0 Å². The summed E-state index contributed by atoms with van der Waals surface area (Å²) >= 11 is 0. The molecule has 3 aromatic carbocycles. The molecule has 2 N–H and O–H groups in total. The third kappa shape index (κ3) is 4.67. The van der Waals surface area contributed by atoms with E-state index in [2.05, 4.69) is 10.6 Å². The number of nitrogens with one attached hydrogen (secondary N) is 2. The number of carbonyl (C=O) groups excluding carboxylic acids is 2. The van der Waals surface area contributed by atoms with E-state index in [0.717, 1.165) is 33.6 Å². The van der Waals surface area contributed by atoms with Crippen molar-refractivity contribution in [2.45, 2.75) is 24.8 Å². The van der Waals surface area contributed by atoms with Crippen LogP contribution in [-0.4, -0.2) is 33.7 Å². The number of fused-ring (bicyclic) bond motifs is 1. The molecule has 35 heavy (non-hydrogen) atoms. The third-order valence-electron chi connectivity index (χ3n) is 5.83. The second-order valence-electron chi connectivity index (χ2n) is 8.15. The molecule has 0 saturated carbocycles. The molecule has 1 aliphatic rings. The van der Waals surface area contributed by atoms with Crippen molar-refractivity contribution in [3.63, 3.8) is 0 Å². The van der Waals surface area contributed by atoms with Crippen molar-refractivity contribution in [3.8, 4) is 0 Å². The van der Waals surface area contributed by atoms with Crippen molar-refractivity contribution >= 4 is 33.1 Å². The molecule has 0 bridgehead atoms. The number of rotatable bonds is 6. The Balaban J connectivity index is 1.73. The minimum absolute atomic E-state index is 0.00634.